The highest BCUT2D eigenvalue weighted by Crippen LogP contribution is 2.21. The van der Waals surface area contributed by atoms with Crippen LogP contribution in [-0.2, 0) is 23.0 Å². The zero-order chi connectivity index (χ0) is 19.2. The van der Waals surface area contributed by atoms with Gasteiger partial charge in [-0.2, -0.15) is 5.10 Å². The molecule has 1 N–H and O–H groups in total. The highest BCUT2D eigenvalue weighted by atomic mass is 16.5. The van der Waals surface area contributed by atoms with Crippen molar-refractivity contribution in [2.24, 2.45) is 7.05 Å². The number of morpholine rings is 1. The molecule has 0 saturated carbocycles. The fourth-order valence-corrected chi connectivity index (χ4v) is 2.87. The molecule has 1 aliphatic rings. The quantitative estimate of drug-likeness (QED) is 0.820. The van der Waals surface area contributed by atoms with E-state index >= 15 is 0 Å². The maximum absolute atomic E-state index is 12.5. The van der Waals surface area contributed by atoms with E-state index < -0.39 is 0 Å². The third-order valence-electron chi connectivity index (χ3n) is 4.41. The van der Waals surface area contributed by atoms with Crippen molar-refractivity contribution >= 4 is 17.3 Å². The fourth-order valence-electron chi connectivity index (χ4n) is 2.87. The lowest BCUT2D eigenvalue weighted by Crippen LogP contribution is -2.41. The minimum atomic E-state index is -0.348. The number of hydrogen-bond acceptors (Lipinski definition) is 6. The number of ether oxygens (including phenoxy) is 2. The molecule has 0 aliphatic carbocycles. The van der Waals surface area contributed by atoms with Crippen LogP contribution in [0.15, 0.2) is 35.3 Å². The fraction of sp³-hybridized carbons (Fsp3) is 0.421. The third kappa shape index (κ3) is 4.65. The highest BCUT2D eigenvalue weighted by Gasteiger charge is 2.21. The first-order valence-electron chi connectivity index (χ1n) is 8.99. The predicted molar refractivity (Wildman–Crippen MR) is 102 cm³/mol. The Morgan fingerprint density at radius 3 is 2.63 bits per heavy atom. The van der Waals surface area contributed by atoms with Gasteiger partial charge in [0.1, 0.15) is 11.4 Å². The lowest BCUT2D eigenvalue weighted by Gasteiger charge is -2.29. The van der Waals surface area contributed by atoms with Crippen LogP contribution in [0.1, 0.15) is 12.5 Å². The molecule has 0 atom stereocenters. The number of hydrogen-bond donors (Lipinski definition) is 1. The van der Waals surface area contributed by atoms with Crippen molar-refractivity contribution < 1.29 is 14.3 Å². The lowest BCUT2D eigenvalue weighted by molar-refractivity contribution is -0.118. The first-order valence-corrected chi connectivity index (χ1v) is 8.99. The van der Waals surface area contributed by atoms with Crippen LogP contribution in [0.25, 0.3) is 0 Å². The molecule has 1 aromatic heterocycles. The lowest BCUT2D eigenvalue weighted by atomic mass is 10.2. The van der Waals surface area contributed by atoms with Gasteiger partial charge in [-0.1, -0.05) is 19.1 Å². The molecule has 1 aromatic carbocycles. The van der Waals surface area contributed by atoms with Gasteiger partial charge in [0.25, 0.3) is 11.5 Å². The summed E-state index contributed by atoms with van der Waals surface area (Å²) in [5, 5.41) is 6.76. The van der Waals surface area contributed by atoms with E-state index in [4.69, 9.17) is 9.47 Å². The molecule has 0 radical (unpaired) electrons. The van der Waals surface area contributed by atoms with Crippen LogP contribution in [-0.4, -0.2) is 48.6 Å². The number of carbonyl (C=O) groups is 1. The summed E-state index contributed by atoms with van der Waals surface area (Å²) in [5.74, 6) is 0.275. The number of carbonyl (C=O) groups excluding carboxylic acids is 1. The summed E-state index contributed by atoms with van der Waals surface area (Å²) in [4.78, 5) is 26.8. The van der Waals surface area contributed by atoms with Crippen molar-refractivity contribution in [2.45, 2.75) is 13.3 Å². The van der Waals surface area contributed by atoms with Gasteiger partial charge in [0.15, 0.2) is 6.61 Å². The zero-order valence-corrected chi connectivity index (χ0v) is 15.6. The predicted octanol–water partition coefficient (Wildman–Crippen LogP) is 1.20. The molecule has 1 fully saturated rings. The molecule has 0 spiro atoms. The standard InChI is InChI=1S/C19H24N4O4/c1-3-14-4-6-15(7-5-14)27-13-17(24)21-16-12-20-22(2)19(25)18(16)23-8-10-26-11-9-23/h4-7,12H,3,8-11,13H2,1-2H3,(H,21,24). The Morgan fingerprint density at radius 1 is 1.26 bits per heavy atom. The van der Waals surface area contributed by atoms with Crippen LogP contribution in [0.4, 0.5) is 11.4 Å². The molecule has 1 amide bonds. The molecule has 0 bridgehead atoms. The molecular weight excluding hydrogens is 348 g/mol. The summed E-state index contributed by atoms with van der Waals surface area (Å²) >= 11 is 0. The Labute approximate surface area is 157 Å². The van der Waals surface area contributed by atoms with E-state index in [0.717, 1.165) is 6.42 Å². The Morgan fingerprint density at radius 2 is 1.96 bits per heavy atom. The van der Waals surface area contributed by atoms with Crippen LogP contribution in [0.2, 0.25) is 0 Å². The molecule has 0 unspecified atom stereocenters. The van der Waals surface area contributed by atoms with Crippen molar-refractivity contribution in [1.82, 2.24) is 9.78 Å². The SMILES string of the molecule is CCc1ccc(OCC(=O)Nc2cnn(C)c(=O)c2N2CCOCC2)cc1. The van der Waals surface area contributed by atoms with Gasteiger partial charge in [-0.05, 0) is 24.1 Å². The van der Waals surface area contributed by atoms with Gasteiger partial charge in [-0.15, -0.1) is 0 Å². The topological polar surface area (TPSA) is 85.7 Å². The molecule has 3 rings (SSSR count). The van der Waals surface area contributed by atoms with Crippen LogP contribution in [0.3, 0.4) is 0 Å². The van der Waals surface area contributed by atoms with Crippen molar-refractivity contribution in [2.75, 3.05) is 43.1 Å². The molecule has 8 heteroatoms. The van der Waals surface area contributed by atoms with E-state index in [0.29, 0.717) is 43.4 Å². The van der Waals surface area contributed by atoms with E-state index in [1.54, 1.807) is 7.05 Å². The maximum atomic E-state index is 12.5. The van der Waals surface area contributed by atoms with E-state index in [1.165, 1.54) is 16.4 Å². The van der Waals surface area contributed by atoms with Crippen molar-refractivity contribution in [3.8, 4) is 5.75 Å². The van der Waals surface area contributed by atoms with E-state index in [1.807, 2.05) is 29.2 Å². The van der Waals surface area contributed by atoms with Gasteiger partial charge >= 0.3 is 0 Å². The number of nitrogens with zero attached hydrogens (tertiary/aromatic N) is 3. The zero-order valence-electron chi connectivity index (χ0n) is 15.6. The number of anilines is 2. The van der Waals surface area contributed by atoms with Crippen molar-refractivity contribution in [1.29, 1.82) is 0 Å². The molecule has 1 saturated heterocycles. The second kappa shape index (κ2) is 8.68. The van der Waals surface area contributed by atoms with E-state index in [2.05, 4.69) is 17.3 Å². The van der Waals surface area contributed by atoms with Gasteiger partial charge in [0.05, 0.1) is 25.1 Å². The Bertz CT molecular complexity index is 842. The highest BCUT2D eigenvalue weighted by molar-refractivity contribution is 5.94. The van der Waals surface area contributed by atoms with Crippen LogP contribution in [0.5, 0.6) is 5.75 Å². The summed E-state index contributed by atoms with van der Waals surface area (Å²) in [6.07, 6.45) is 2.43. The smallest absolute Gasteiger partial charge is 0.292 e. The normalized spacial score (nSPS) is 14.1. The summed E-state index contributed by atoms with van der Waals surface area (Å²) in [7, 11) is 1.58. The Balaban J connectivity index is 1.69. The van der Waals surface area contributed by atoms with Gasteiger partial charge in [-0.25, -0.2) is 4.68 Å². The number of aryl methyl sites for hydroxylation is 2. The van der Waals surface area contributed by atoms with Crippen LogP contribution in [0, 0.1) is 0 Å². The van der Waals surface area contributed by atoms with E-state index in [-0.39, 0.29) is 18.1 Å². The summed E-state index contributed by atoms with van der Waals surface area (Å²) in [5.41, 5.74) is 1.75. The molecular formula is C19H24N4O4. The second-order valence-corrected chi connectivity index (χ2v) is 6.27. The molecule has 27 heavy (non-hydrogen) atoms. The molecule has 2 aromatic rings. The average molecular weight is 372 g/mol. The second-order valence-electron chi connectivity index (χ2n) is 6.27. The monoisotopic (exact) mass is 372 g/mol. The number of benzene rings is 1. The summed E-state index contributed by atoms with van der Waals surface area (Å²) in [6.45, 7) is 4.17. The first-order chi connectivity index (χ1) is 13.1. The minimum Gasteiger partial charge on any atom is -0.484 e. The van der Waals surface area contributed by atoms with Gasteiger partial charge in [-0.3, -0.25) is 9.59 Å². The largest absolute Gasteiger partial charge is 0.484 e. The number of aromatic nitrogens is 2. The van der Waals surface area contributed by atoms with Crippen molar-refractivity contribution in [3.63, 3.8) is 0 Å². The summed E-state index contributed by atoms with van der Waals surface area (Å²) < 4.78 is 12.1. The average Bonchev–Trinajstić information content (AvgIpc) is 2.70. The number of rotatable bonds is 6. The molecule has 1 aliphatic heterocycles. The van der Waals surface area contributed by atoms with Gasteiger partial charge in [0.2, 0.25) is 0 Å². The molecule has 144 valence electrons. The van der Waals surface area contributed by atoms with Crippen molar-refractivity contribution in [3.05, 3.63) is 46.4 Å². The number of nitrogens with one attached hydrogen (secondary N) is 1. The molecule has 2 heterocycles. The maximum Gasteiger partial charge on any atom is 0.292 e. The Kier molecular flexibility index (Phi) is 6.08. The first kappa shape index (κ1) is 18.9. The summed E-state index contributed by atoms with van der Waals surface area (Å²) in [6, 6.07) is 7.61. The third-order valence-corrected chi connectivity index (χ3v) is 4.41. The molecule has 8 nitrogen and oxygen atoms in total. The van der Waals surface area contributed by atoms with E-state index in [9.17, 15) is 9.59 Å². The van der Waals surface area contributed by atoms with Crippen LogP contribution < -0.4 is 20.5 Å². The van der Waals surface area contributed by atoms with Gasteiger partial charge in [0, 0.05) is 20.1 Å². The minimum absolute atomic E-state index is 0.150. The number of amides is 1. The van der Waals surface area contributed by atoms with Crippen LogP contribution >= 0.6 is 0 Å². The van der Waals surface area contributed by atoms with Gasteiger partial charge < -0.3 is 19.7 Å². The Hall–Kier alpha value is -2.87.